The molecule has 0 aromatic heterocycles. The van der Waals surface area contributed by atoms with Gasteiger partial charge in [-0.1, -0.05) is 12.1 Å². The molecule has 2 rings (SSSR count). The van der Waals surface area contributed by atoms with Gasteiger partial charge in [0.25, 0.3) is 5.92 Å². The Kier molecular flexibility index (Phi) is 2.99. The fraction of sp³-hybridized carbons (Fsp3) is 0.500. The van der Waals surface area contributed by atoms with E-state index in [2.05, 4.69) is 0 Å². The first-order valence-electron chi connectivity index (χ1n) is 5.39. The molecule has 0 N–H and O–H groups in total. The van der Waals surface area contributed by atoms with Gasteiger partial charge in [-0.3, -0.25) is 0 Å². The first-order chi connectivity index (χ1) is 7.58. The molecule has 1 aromatic rings. The van der Waals surface area contributed by atoms with Crippen LogP contribution in [0.1, 0.15) is 25.7 Å². The van der Waals surface area contributed by atoms with Gasteiger partial charge in [-0.25, -0.2) is 8.78 Å². The molecular weight excluding hydrogens is 214 g/mol. The normalized spacial score (nSPS) is 24.0. The molecule has 0 aliphatic heterocycles. The Morgan fingerprint density at radius 2 is 1.88 bits per heavy atom. The zero-order valence-corrected chi connectivity index (χ0v) is 8.79. The van der Waals surface area contributed by atoms with Crippen molar-refractivity contribution in [3.05, 3.63) is 24.3 Å². The molecule has 0 bridgehead atoms. The van der Waals surface area contributed by atoms with Gasteiger partial charge in [-0.15, -0.1) is 5.75 Å². The largest absolute Gasteiger partial charge is 0.872 e. The maximum Gasteiger partial charge on any atom is 0.284 e. The van der Waals surface area contributed by atoms with E-state index in [1.54, 1.807) is 0 Å². The molecule has 2 nitrogen and oxygen atoms in total. The van der Waals surface area contributed by atoms with Crippen LogP contribution in [-0.4, -0.2) is 12.0 Å². The molecule has 1 fully saturated rings. The molecule has 0 spiro atoms. The van der Waals surface area contributed by atoms with Gasteiger partial charge < -0.3 is 9.84 Å². The lowest BCUT2D eigenvalue weighted by molar-refractivity contribution is -0.268. The van der Waals surface area contributed by atoms with Crippen molar-refractivity contribution in [1.82, 2.24) is 0 Å². The summed E-state index contributed by atoms with van der Waals surface area (Å²) in [4.78, 5) is 0. The average molecular weight is 227 g/mol. The molecule has 1 saturated carbocycles. The van der Waals surface area contributed by atoms with E-state index in [4.69, 9.17) is 4.74 Å². The summed E-state index contributed by atoms with van der Waals surface area (Å²) in [6, 6.07) is 5.51. The zero-order valence-electron chi connectivity index (χ0n) is 8.79. The number of hydrogen-bond donors (Lipinski definition) is 0. The Labute approximate surface area is 92.9 Å². The molecule has 0 amide bonds. The summed E-state index contributed by atoms with van der Waals surface area (Å²) in [6.45, 7) is 0. The van der Waals surface area contributed by atoms with Gasteiger partial charge in [0.05, 0.1) is 0 Å². The van der Waals surface area contributed by atoms with E-state index in [1.807, 2.05) is 0 Å². The van der Waals surface area contributed by atoms with Gasteiger partial charge in [0.1, 0.15) is 5.75 Å². The van der Waals surface area contributed by atoms with Gasteiger partial charge in [0, 0.05) is 6.42 Å². The molecule has 1 atom stereocenters. The molecule has 0 saturated heterocycles. The Morgan fingerprint density at radius 3 is 2.50 bits per heavy atom. The van der Waals surface area contributed by atoms with Crippen LogP contribution in [0.25, 0.3) is 0 Å². The summed E-state index contributed by atoms with van der Waals surface area (Å²) < 4.78 is 32.1. The molecule has 1 aliphatic rings. The summed E-state index contributed by atoms with van der Waals surface area (Å²) in [5.74, 6) is -2.57. The third kappa shape index (κ3) is 2.43. The summed E-state index contributed by atoms with van der Waals surface area (Å²) in [6.07, 6.45) is 0.508. The molecule has 1 aromatic carbocycles. The molecule has 4 heteroatoms. The van der Waals surface area contributed by atoms with Crippen LogP contribution < -0.4 is 9.84 Å². The van der Waals surface area contributed by atoms with E-state index in [-0.39, 0.29) is 12.2 Å². The SMILES string of the molecule is [O-]c1ccc(OC2CCCCC2(F)F)cc1. The molecule has 88 valence electrons. The van der Waals surface area contributed by atoms with Gasteiger partial charge in [-0.2, -0.15) is 0 Å². The summed E-state index contributed by atoms with van der Waals surface area (Å²) >= 11 is 0. The van der Waals surface area contributed by atoms with Crippen LogP contribution >= 0.6 is 0 Å². The maximum absolute atomic E-state index is 13.4. The van der Waals surface area contributed by atoms with Crippen molar-refractivity contribution < 1.29 is 18.6 Å². The van der Waals surface area contributed by atoms with Crippen LogP contribution in [0.4, 0.5) is 8.78 Å². The fourth-order valence-electron chi connectivity index (χ4n) is 1.89. The molecule has 1 aliphatic carbocycles. The highest BCUT2D eigenvalue weighted by atomic mass is 19.3. The number of halogens is 2. The second-order valence-corrected chi connectivity index (χ2v) is 4.08. The van der Waals surface area contributed by atoms with Crippen LogP contribution in [0, 0.1) is 0 Å². The molecule has 16 heavy (non-hydrogen) atoms. The van der Waals surface area contributed by atoms with Crippen LogP contribution in [0.3, 0.4) is 0 Å². The quantitative estimate of drug-likeness (QED) is 0.778. The Hall–Kier alpha value is -1.32. The van der Waals surface area contributed by atoms with Crippen LogP contribution in [0.2, 0.25) is 0 Å². The highest BCUT2D eigenvalue weighted by Gasteiger charge is 2.43. The third-order valence-electron chi connectivity index (χ3n) is 2.80. The van der Waals surface area contributed by atoms with Crippen LogP contribution in [0.5, 0.6) is 11.5 Å². The molecule has 1 unspecified atom stereocenters. The van der Waals surface area contributed by atoms with Gasteiger partial charge >= 0.3 is 0 Å². The van der Waals surface area contributed by atoms with Crippen LogP contribution in [-0.2, 0) is 0 Å². The second kappa shape index (κ2) is 4.28. The van der Waals surface area contributed by atoms with E-state index in [0.29, 0.717) is 18.6 Å². The summed E-state index contributed by atoms with van der Waals surface area (Å²) in [5, 5.41) is 10.8. The fourth-order valence-corrected chi connectivity index (χ4v) is 1.89. The first kappa shape index (κ1) is 11.2. The lowest BCUT2D eigenvalue weighted by atomic mass is 9.94. The number of rotatable bonds is 2. The van der Waals surface area contributed by atoms with Crippen molar-refractivity contribution in [3.8, 4) is 11.5 Å². The van der Waals surface area contributed by atoms with Gasteiger partial charge in [0.2, 0.25) is 0 Å². The Bertz CT molecular complexity index is 349. The number of hydrogen-bond acceptors (Lipinski definition) is 2. The lowest BCUT2D eigenvalue weighted by Gasteiger charge is -2.31. The second-order valence-electron chi connectivity index (χ2n) is 4.08. The Morgan fingerprint density at radius 1 is 1.19 bits per heavy atom. The predicted octanol–water partition coefficient (Wildman–Crippen LogP) is 2.72. The number of ether oxygens (including phenoxy) is 1. The van der Waals surface area contributed by atoms with Crippen molar-refractivity contribution >= 4 is 0 Å². The van der Waals surface area contributed by atoms with Crippen molar-refractivity contribution in [2.45, 2.75) is 37.7 Å². The minimum atomic E-state index is -2.76. The lowest BCUT2D eigenvalue weighted by Crippen LogP contribution is -2.40. The van der Waals surface area contributed by atoms with E-state index in [0.717, 1.165) is 6.42 Å². The maximum atomic E-state index is 13.4. The van der Waals surface area contributed by atoms with E-state index < -0.39 is 12.0 Å². The van der Waals surface area contributed by atoms with E-state index in [1.165, 1.54) is 24.3 Å². The highest BCUT2D eigenvalue weighted by molar-refractivity contribution is 5.29. The van der Waals surface area contributed by atoms with E-state index in [9.17, 15) is 13.9 Å². The van der Waals surface area contributed by atoms with E-state index >= 15 is 0 Å². The van der Waals surface area contributed by atoms with Crippen molar-refractivity contribution in [1.29, 1.82) is 0 Å². The van der Waals surface area contributed by atoms with Gasteiger partial charge in [0.15, 0.2) is 6.10 Å². The standard InChI is InChI=1S/C12H14F2O2/c13-12(14)8-2-1-3-11(12)16-10-6-4-9(15)5-7-10/h4-7,11,15H,1-3,8H2/p-1. The van der Waals surface area contributed by atoms with Crippen molar-refractivity contribution in [2.24, 2.45) is 0 Å². The van der Waals surface area contributed by atoms with Gasteiger partial charge in [-0.05, 0) is 31.4 Å². The number of alkyl halides is 2. The predicted molar refractivity (Wildman–Crippen MR) is 53.7 cm³/mol. The van der Waals surface area contributed by atoms with Crippen molar-refractivity contribution in [2.75, 3.05) is 0 Å². The monoisotopic (exact) mass is 227 g/mol. The summed E-state index contributed by atoms with van der Waals surface area (Å²) in [5.41, 5.74) is 0. The molecule has 0 heterocycles. The highest BCUT2D eigenvalue weighted by Crippen LogP contribution is 2.36. The number of benzene rings is 1. The smallest absolute Gasteiger partial charge is 0.284 e. The zero-order chi connectivity index (χ0) is 11.6. The molecular formula is C12H13F2O2-. The minimum absolute atomic E-state index is 0.114. The molecule has 0 radical (unpaired) electrons. The first-order valence-corrected chi connectivity index (χ1v) is 5.39. The summed E-state index contributed by atoms with van der Waals surface area (Å²) in [7, 11) is 0. The van der Waals surface area contributed by atoms with Crippen molar-refractivity contribution in [3.63, 3.8) is 0 Å². The van der Waals surface area contributed by atoms with Crippen LogP contribution in [0.15, 0.2) is 24.3 Å². The average Bonchev–Trinajstić information content (AvgIpc) is 2.24. The minimum Gasteiger partial charge on any atom is -0.872 e. The topological polar surface area (TPSA) is 32.3 Å². The third-order valence-corrected chi connectivity index (χ3v) is 2.80. The Balaban J connectivity index is 2.05.